The Morgan fingerprint density at radius 1 is 1.40 bits per heavy atom. The molecule has 0 aliphatic rings. The molecule has 2 aromatic heterocycles. The average Bonchev–Trinajstić information content (AvgIpc) is 2.65. The van der Waals surface area contributed by atoms with Crippen LogP contribution in [0.5, 0.6) is 0 Å². The third kappa shape index (κ3) is 2.25. The van der Waals surface area contributed by atoms with Gasteiger partial charge in [-0.2, -0.15) is 0 Å². The summed E-state index contributed by atoms with van der Waals surface area (Å²) in [6.45, 7) is 1.87. The number of nitrogens with zero attached hydrogens (tertiary/aromatic N) is 2. The molecule has 1 atom stereocenters. The maximum atomic E-state index is 10.0. The Kier molecular flexibility index (Phi) is 3.14. The first-order valence-electron chi connectivity index (χ1n) is 4.38. The molecule has 0 amide bonds. The van der Waals surface area contributed by atoms with Gasteiger partial charge in [0, 0.05) is 10.7 Å². The molecule has 1 unspecified atom stereocenters. The third-order valence-electron chi connectivity index (χ3n) is 1.97. The van der Waals surface area contributed by atoms with Crippen molar-refractivity contribution in [2.24, 2.45) is 0 Å². The smallest absolute Gasteiger partial charge is 0.133 e. The van der Waals surface area contributed by atoms with Crippen LogP contribution in [0.1, 0.15) is 22.4 Å². The van der Waals surface area contributed by atoms with E-state index >= 15 is 0 Å². The number of thiophene rings is 1. The van der Waals surface area contributed by atoms with Gasteiger partial charge in [0.15, 0.2) is 0 Å². The van der Waals surface area contributed by atoms with Gasteiger partial charge in [-0.25, -0.2) is 0 Å². The zero-order valence-electron chi connectivity index (χ0n) is 8.01. The second-order valence-corrected chi connectivity index (χ2v) is 4.92. The maximum absolute atomic E-state index is 10.0. The van der Waals surface area contributed by atoms with Gasteiger partial charge in [0.05, 0.1) is 22.5 Å². The summed E-state index contributed by atoms with van der Waals surface area (Å²) < 4.78 is 0.905. The predicted molar refractivity (Wildman–Crippen MR) is 62.8 cm³/mol. The fourth-order valence-corrected chi connectivity index (χ4v) is 2.76. The fraction of sp³-hybridized carbons (Fsp3) is 0.200. The summed E-state index contributed by atoms with van der Waals surface area (Å²) >= 11 is 4.87. The van der Waals surface area contributed by atoms with Crippen LogP contribution in [-0.2, 0) is 0 Å². The molecular formula is C10H9BrN2OS. The number of rotatable bonds is 2. The molecule has 2 rings (SSSR count). The molecule has 0 saturated carbocycles. The van der Waals surface area contributed by atoms with E-state index in [-0.39, 0.29) is 0 Å². The van der Waals surface area contributed by atoms with E-state index in [0.717, 1.165) is 15.0 Å². The summed E-state index contributed by atoms with van der Waals surface area (Å²) in [5, 5.41) is 12.0. The predicted octanol–water partition coefficient (Wildman–Crippen LogP) is 2.69. The molecule has 0 aliphatic heterocycles. The fourth-order valence-electron chi connectivity index (χ4n) is 1.18. The van der Waals surface area contributed by atoms with E-state index in [1.165, 1.54) is 11.3 Å². The Morgan fingerprint density at radius 3 is 2.73 bits per heavy atom. The molecule has 2 heterocycles. The molecule has 2 aromatic rings. The molecule has 5 heteroatoms. The van der Waals surface area contributed by atoms with Gasteiger partial charge < -0.3 is 5.11 Å². The number of aliphatic hydroxyl groups excluding tert-OH is 1. The van der Waals surface area contributed by atoms with Crippen molar-refractivity contribution in [2.45, 2.75) is 13.0 Å². The Morgan fingerprint density at radius 2 is 2.20 bits per heavy atom. The van der Waals surface area contributed by atoms with Crippen LogP contribution in [0.25, 0.3) is 0 Å². The largest absolute Gasteiger partial charge is 0.381 e. The van der Waals surface area contributed by atoms with Crippen LogP contribution in [0.15, 0.2) is 28.3 Å². The van der Waals surface area contributed by atoms with Crippen molar-refractivity contribution in [2.75, 3.05) is 0 Å². The summed E-state index contributed by atoms with van der Waals surface area (Å²) in [6.07, 6.45) is 2.55. The van der Waals surface area contributed by atoms with Crippen LogP contribution < -0.4 is 0 Å². The Bertz CT molecular complexity index is 455. The first kappa shape index (κ1) is 10.7. The molecule has 15 heavy (non-hydrogen) atoms. The van der Waals surface area contributed by atoms with E-state index in [0.29, 0.717) is 5.69 Å². The molecule has 1 N–H and O–H groups in total. The molecule has 0 aliphatic carbocycles. The van der Waals surface area contributed by atoms with E-state index in [1.807, 2.05) is 18.4 Å². The first-order chi connectivity index (χ1) is 7.18. The second-order valence-electron chi connectivity index (χ2n) is 3.12. The van der Waals surface area contributed by atoms with Crippen LogP contribution in [0.2, 0.25) is 0 Å². The highest BCUT2D eigenvalue weighted by molar-refractivity contribution is 9.10. The van der Waals surface area contributed by atoms with Crippen molar-refractivity contribution in [3.8, 4) is 0 Å². The van der Waals surface area contributed by atoms with E-state index in [2.05, 4.69) is 25.9 Å². The Labute approximate surface area is 100.0 Å². The van der Waals surface area contributed by atoms with Gasteiger partial charge in [-0.3, -0.25) is 9.97 Å². The lowest BCUT2D eigenvalue weighted by molar-refractivity contribution is 0.218. The van der Waals surface area contributed by atoms with Gasteiger partial charge in [0.1, 0.15) is 6.10 Å². The van der Waals surface area contributed by atoms with Gasteiger partial charge in [0.2, 0.25) is 0 Å². The van der Waals surface area contributed by atoms with E-state index < -0.39 is 6.10 Å². The standard InChI is InChI=1S/C10H9BrN2OS/c1-6-4-13-8(5-12-6)9(14)10-7(11)2-3-15-10/h2-5,9,14H,1H3. The average molecular weight is 285 g/mol. The van der Waals surface area contributed by atoms with E-state index in [1.54, 1.807) is 12.4 Å². The minimum atomic E-state index is -0.701. The van der Waals surface area contributed by atoms with Gasteiger partial charge in [-0.05, 0) is 34.3 Å². The van der Waals surface area contributed by atoms with E-state index in [4.69, 9.17) is 0 Å². The van der Waals surface area contributed by atoms with Crippen molar-refractivity contribution in [3.63, 3.8) is 0 Å². The molecule has 0 radical (unpaired) electrons. The van der Waals surface area contributed by atoms with Crippen molar-refractivity contribution in [3.05, 3.63) is 44.6 Å². The van der Waals surface area contributed by atoms with Crippen molar-refractivity contribution >= 4 is 27.3 Å². The molecule has 0 saturated heterocycles. The number of aliphatic hydroxyl groups is 1. The number of aromatic nitrogens is 2. The molecular weight excluding hydrogens is 276 g/mol. The summed E-state index contributed by atoms with van der Waals surface area (Å²) in [4.78, 5) is 9.11. The van der Waals surface area contributed by atoms with Gasteiger partial charge in [-0.15, -0.1) is 11.3 Å². The highest BCUT2D eigenvalue weighted by Gasteiger charge is 2.16. The minimum Gasteiger partial charge on any atom is -0.381 e. The normalized spacial score (nSPS) is 12.7. The molecule has 3 nitrogen and oxygen atoms in total. The Balaban J connectivity index is 2.32. The second kappa shape index (κ2) is 4.38. The van der Waals surface area contributed by atoms with Crippen LogP contribution >= 0.6 is 27.3 Å². The quantitative estimate of drug-likeness (QED) is 0.922. The summed E-state index contributed by atoms with van der Waals surface area (Å²) in [5.74, 6) is 0. The Hall–Kier alpha value is -0.780. The molecule has 0 spiro atoms. The maximum Gasteiger partial charge on any atom is 0.133 e. The van der Waals surface area contributed by atoms with Gasteiger partial charge in [-0.1, -0.05) is 0 Å². The number of hydrogen-bond acceptors (Lipinski definition) is 4. The summed E-state index contributed by atoms with van der Waals surface area (Å²) in [6, 6.07) is 1.91. The third-order valence-corrected chi connectivity index (χ3v) is 3.90. The molecule has 0 bridgehead atoms. The number of aryl methyl sites for hydroxylation is 1. The monoisotopic (exact) mass is 284 g/mol. The lowest BCUT2D eigenvalue weighted by Gasteiger charge is -2.08. The van der Waals surface area contributed by atoms with E-state index in [9.17, 15) is 5.11 Å². The van der Waals surface area contributed by atoms with Crippen molar-refractivity contribution in [1.29, 1.82) is 0 Å². The highest BCUT2D eigenvalue weighted by atomic mass is 79.9. The number of halogens is 1. The van der Waals surface area contributed by atoms with Crippen molar-refractivity contribution < 1.29 is 5.11 Å². The number of hydrogen-bond donors (Lipinski definition) is 1. The van der Waals surface area contributed by atoms with Crippen LogP contribution in [0.4, 0.5) is 0 Å². The lowest BCUT2D eigenvalue weighted by Crippen LogP contribution is -2.02. The van der Waals surface area contributed by atoms with Gasteiger partial charge in [0.25, 0.3) is 0 Å². The molecule has 0 aromatic carbocycles. The minimum absolute atomic E-state index is 0.573. The van der Waals surface area contributed by atoms with Gasteiger partial charge >= 0.3 is 0 Å². The zero-order valence-corrected chi connectivity index (χ0v) is 10.4. The lowest BCUT2D eigenvalue weighted by atomic mass is 10.2. The van der Waals surface area contributed by atoms with Crippen molar-refractivity contribution in [1.82, 2.24) is 9.97 Å². The molecule has 0 fully saturated rings. The topological polar surface area (TPSA) is 46.0 Å². The first-order valence-corrected chi connectivity index (χ1v) is 6.05. The summed E-state index contributed by atoms with van der Waals surface area (Å²) in [5.41, 5.74) is 1.42. The highest BCUT2D eigenvalue weighted by Crippen LogP contribution is 2.31. The molecule has 78 valence electrons. The summed E-state index contributed by atoms with van der Waals surface area (Å²) in [7, 11) is 0. The van der Waals surface area contributed by atoms with Crippen LogP contribution in [0.3, 0.4) is 0 Å². The van der Waals surface area contributed by atoms with Crippen LogP contribution in [0, 0.1) is 6.92 Å². The zero-order chi connectivity index (χ0) is 10.8. The van der Waals surface area contributed by atoms with Crippen LogP contribution in [-0.4, -0.2) is 15.1 Å². The SMILES string of the molecule is Cc1cnc(C(O)c2sccc2Br)cn1.